The summed E-state index contributed by atoms with van der Waals surface area (Å²) in [4.78, 5) is 0. The van der Waals surface area contributed by atoms with Crippen LogP contribution in [0.3, 0.4) is 0 Å². The van der Waals surface area contributed by atoms with Crippen molar-refractivity contribution in [2.24, 2.45) is 0 Å². The van der Waals surface area contributed by atoms with Crippen molar-refractivity contribution >= 4 is 59.2 Å². The zero-order valence-electron chi connectivity index (χ0n) is 4.22. The van der Waals surface area contributed by atoms with Gasteiger partial charge >= 0.3 is 51.4 Å². The molecule has 0 unspecified atom stereocenters. The van der Waals surface area contributed by atoms with Crippen LogP contribution in [0.5, 0.6) is 0 Å². The number of halogens is 3. The fourth-order valence-electron chi connectivity index (χ4n) is 0.167. The third-order valence-electron chi connectivity index (χ3n) is 0.866. The van der Waals surface area contributed by atoms with Crippen molar-refractivity contribution < 1.29 is 14.1 Å². The molecule has 1 rings (SSSR count). The standard InChI is InChI=1S/C3H7B.3FH.K.H/c4-3-1-2-3;;;;;/h3H,1-2,4H2;3*1H;;. The Labute approximate surface area is 90.7 Å². The van der Waals surface area contributed by atoms with Gasteiger partial charge in [0.25, 0.3) is 0 Å². The molecule has 0 spiro atoms. The van der Waals surface area contributed by atoms with E-state index in [1.165, 1.54) is 12.8 Å². The molecule has 0 aromatic carbocycles. The van der Waals surface area contributed by atoms with Crippen molar-refractivity contribution in [3.8, 4) is 0 Å². The van der Waals surface area contributed by atoms with Gasteiger partial charge in [-0.15, -0.1) is 0 Å². The monoisotopic (exact) mass is 154 g/mol. The third-order valence-corrected chi connectivity index (χ3v) is 0.866. The van der Waals surface area contributed by atoms with E-state index in [9.17, 15) is 0 Å². The SMILES string of the molecule is BC1CC1.F.F.F.[KH]. The average molecular weight is 154 g/mol. The molecular weight excluding hydrogens is 143 g/mol. The van der Waals surface area contributed by atoms with Gasteiger partial charge in [-0.1, -0.05) is 18.7 Å². The van der Waals surface area contributed by atoms with E-state index >= 15 is 0 Å². The van der Waals surface area contributed by atoms with E-state index in [1.807, 2.05) is 0 Å². The van der Waals surface area contributed by atoms with Crippen LogP contribution in [0.1, 0.15) is 12.8 Å². The molecule has 1 aliphatic carbocycles. The van der Waals surface area contributed by atoms with Gasteiger partial charge in [-0.05, 0) is 0 Å². The number of rotatable bonds is 0. The summed E-state index contributed by atoms with van der Waals surface area (Å²) in [6, 6.07) is 0. The Morgan fingerprint density at radius 2 is 1.12 bits per heavy atom. The first kappa shape index (κ1) is 22.7. The molecule has 48 valence electrons. The first-order valence-corrected chi connectivity index (χ1v) is 1.89. The molecule has 0 saturated heterocycles. The van der Waals surface area contributed by atoms with Gasteiger partial charge in [0.1, 0.15) is 7.85 Å². The fraction of sp³-hybridized carbons (Fsp3) is 1.00. The van der Waals surface area contributed by atoms with E-state index in [4.69, 9.17) is 0 Å². The van der Waals surface area contributed by atoms with Crippen LogP contribution >= 0.6 is 0 Å². The molecule has 1 fully saturated rings. The van der Waals surface area contributed by atoms with Crippen molar-refractivity contribution in [3.05, 3.63) is 0 Å². The molecule has 0 heterocycles. The fourth-order valence-corrected chi connectivity index (χ4v) is 0.167. The van der Waals surface area contributed by atoms with Gasteiger partial charge in [-0.3, -0.25) is 14.1 Å². The van der Waals surface area contributed by atoms with Crippen molar-refractivity contribution in [2.75, 3.05) is 0 Å². The molecular formula is C3H11BF3K. The summed E-state index contributed by atoms with van der Waals surface area (Å²) in [7, 11) is 2.28. The topological polar surface area (TPSA) is 0 Å². The summed E-state index contributed by atoms with van der Waals surface area (Å²) in [5.74, 6) is 1.08. The molecule has 1 saturated carbocycles. The molecule has 0 aromatic heterocycles. The maximum absolute atomic E-state index is 2.28. The quantitative estimate of drug-likeness (QED) is 0.431. The molecule has 0 nitrogen and oxygen atoms in total. The van der Waals surface area contributed by atoms with Crippen LogP contribution in [0.15, 0.2) is 0 Å². The van der Waals surface area contributed by atoms with E-state index < -0.39 is 0 Å². The zero-order chi connectivity index (χ0) is 2.99. The normalized spacial score (nSPS) is 13.0. The van der Waals surface area contributed by atoms with E-state index in [0.717, 1.165) is 5.82 Å². The van der Waals surface area contributed by atoms with Crippen LogP contribution in [0, 0.1) is 0 Å². The van der Waals surface area contributed by atoms with Crippen LogP contribution in [-0.4, -0.2) is 59.2 Å². The van der Waals surface area contributed by atoms with Crippen molar-refractivity contribution in [2.45, 2.75) is 18.7 Å². The van der Waals surface area contributed by atoms with Gasteiger partial charge in [0, 0.05) is 0 Å². The van der Waals surface area contributed by atoms with Gasteiger partial charge in [0.05, 0.1) is 0 Å². The molecule has 0 bridgehead atoms. The molecule has 8 heavy (non-hydrogen) atoms. The van der Waals surface area contributed by atoms with Crippen LogP contribution < -0.4 is 0 Å². The van der Waals surface area contributed by atoms with Crippen LogP contribution in [0.4, 0.5) is 14.1 Å². The molecule has 5 heteroatoms. The Kier molecular flexibility index (Phi) is 32.1. The zero-order valence-corrected chi connectivity index (χ0v) is 4.22. The second kappa shape index (κ2) is 11.3. The molecule has 0 N–H and O–H groups in total. The second-order valence-corrected chi connectivity index (χ2v) is 1.68. The maximum atomic E-state index is 2.28. The van der Waals surface area contributed by atoms with Gasteiger partial charge in [-0.25, -0.2) is 0 Å². The van der Waals surface area contributed by atoms with Gasteiger partial charge < -0.3 is 0 Å². The van der Waals surface area contributed by atoms with E-state index in [0.29, 0.717) is 0 Å². The molecule has 0 aliphatic heterocycles. The average Bonchev–Trinajstić information content (AvgIpc) is 1.75. The summed E-state index contributed by atoms with van der Waals surface area (Å²) in [5, 5.41) is 0. The Morgan fingerprint density at radius 3 is 1.12 bits per heavy atom. The van der Waals surface area contributed by atoms with Gasteiger partial charge in [-0.2, -0.15) is 0 Å². The summed E-state index contributed by atoms with van der Waals surface area (Å²) in [5.41, 5.74) is 0. The summed E-state index contributed by atoms with van der Waals surface area (Å²) >= 11 is 0. The van der Waals surface area contributed by atoms with E-state index in [2.05, 4.69) is 7.85 Å². The molecule has 0 atom stereocenters. The van der Waals surface area contributed by atoms with Crippen molar-refractivity contribution in [3.63, 3.8) is 0 Å². The molecule has 0 radical (unpaired) electrons. The predicted molar refractivity (Wildman–Crippen MR) is 36.2 cm³/mol. The second-order valence-electron chi connectivity index (χ2n) is 1.68. The minimum absolute atomic E-state index is 0. The molecule has 0 aromatic rings. The number of hydrogen-bond acceptors (Lipinski definition) is 0. The van der Waals surface area contributed by atoms with Gasteiger partial charge in [0.15, 0.2) is 0 Å². The van der Waals surface area contributed by atoms with Crippen LogP contribution in [0.25, 0.3) is 0 Å². The third kappa shape index (κ3) is 15.6. The Bertz CT molecular complexity index is 33.7. The predicted octanol–water partition coefficient (Wildman–Crippen LogP) is 0.0108. The van der Waals surface area contributed by atoms with Crippen LogP contribution in [-0.2, 0) is 0 Å². The Balaban J connectivity index is -0.0000000200. The first-order chi connectivity index (χ1) is 1.89. The van der Waals surface area contributed by atoms with Crippen molar-refractivity contribution in [1.82, 2.24) is 0 Å². The summed E-state index contributed by atoms with van der Waals surface area (Å²) in [6.45, 7) is 0. The summed E-state index contributed by atoms with van der Waals surface area (Å²) in [6.07, 6.45) is 2.97. The van der Waals surface area contributed by atoms with Crippen molar-refractivity contribution in [1.29, 1.82) is 0 Å². The Morgan fingerprint density at radius 1 is 1.00 bits per heavy atom. The molecule has 1 aliphatic rings. The van der Waals surface area contributed by atoms with E-state index in [1.54, 1.807) is 0 Å². The number of hydrogen-bond donors (Lipinski definition) is 0. The van der Waals surface area contributed by atoms with Crippen LogP contribution in [0.2, 0.25) is 5.82 Å². The first-order valence-electron chi connectivity index (χ1n) is 1.89. The molecule has 0 amide bonds. The Hall–Kier alpha value is 1.49. The van der Waals surface area contributed by atoms with E-state index in [-0.39, 0.29) is 65.5 Å². The minimum atomic E-state index is 0. The van der Waals surface area contributed by atoms with Gasteiger partial charge in [0.2, 0.25) is 0 Å². The summed E-state index contributed by atoms with van der Waals surface area (Å²) < 4.78 is 0.